The molecule has 1 atom stereocenters. The van der Waals surface area contributed by atoms with Crippen LogP contribution in [0, 0.1) is 25.2 Å². The van der Waals surface area contributed by atoms with Crippen LogP contribution in [0.15, 0.2) is 93.5 Å². The van der Waals surface area contributed by atoms with E-state index in [4.69, 9.17) is 17.3 Å². The number of pyridine rings is 1. The van der Waals surface area contributed by atoms with E-state index in [1.807, 2.05) is 36.2 Å². The molecule has 1 aliphatic carbocycles. The van der Waals surface area contributed by atoms with Gasteiger partial charge in [-0.2, -0.15) is 13.2 Å². The Morgan fingerprint density at radius 1 is 0.970 bits per heavy atom. The van der Waals surface area contributed by atoms with E-state index in [1.54, 1.807) is 42.7 Å². The number of halogens is 4. The molecular formula is C50H55ClF3N9O4. The van der Waals surface area contributed by atoms with Crippen LogP contribution >= 0.6 is 11.6 Å². The number of rotatable bonds is 12. The van der Waals surface area contributed by atoms with Crippen LogP contribution in [0.25, 0.3) is 27.7 Å². The molecule has 4 heterocycles. The number of H-pyrrole nitrogens is 1. The van der Waals surface area contributed by atoms with Crippen molar-refractivity contribution < 1.29 is 18.0 Å². The van der Waals surface area contributed by atoms with Crippen LogP contribution < -0.4 is 27.9 Å². The van der Waals surface area contributed by atoms with Crippen LogP contribution in [0.2, 0.25) is 5.02 Å². The number of nitrogen functional groups attached to an aromatic ring is 1. The van der Waals surface area contributed by atoms with Crippen LogP contribution in [-0.4, -0.2) is 73.0 Å². The molecule has 352 valence electrons. The van der Waals surface area contributed by atoms with Crippen LogP contribution in [0.4, 0.5) is 24.7 Å². The van der Waals surface area contributed by atoms with Crippen molar-refractivity contribution in [3.63, 3.8) is 0 Å². The minimum atomic E-state index is -4.54. The van der Waals surface area contributed by atoms with Crippen LogP contribution in [-0.2, 0) is 12.7 Å². The standard InChI is InChI=1S/C50H55ClF3N9O4/c1-30-22-42-40(46(58-32(3)57-42)56-31(2)36-23-37(50(52,53)54)27-38(55)24-36)28-39(30)34-10-18-61(45(65)26-34)17-5-16-60(4)29-33-8-12-49(13-9-33)14-20-62(21-15-49)47(66)35-6-7-41(51)43(25-35)63-19-11-44(64)59-48(63)67/h6-7,10-11,18-19,22-28,31,33H,5,8-9,12-17,20-21,29,55H2,1-4H3,(H,56,57,58)(H,59,64,67). The van der Waals surface area contributed by atoms with Gasteiger partial charge >= 0.3 is 11.9 Å². The monoisotopic (exact) mass is 937 g/mol. The normalized spacial score (nSPS) is 15.9. The average molecular weight is 938 g/mol. The maximum atomic E-state index is 13.6. The number of aromatic nitrogens is 5. The van der Waals surface area contributed by atoms with Crippen molar-refractivity contribution in [3.05, 3.63) is 143 Å². The average Bonchev–Trinajstić information content (AvgIpc) is 3.27. The molecular weight excluding hydrogens is 883 g/mol. The number of piperidine rings is 1. The van der Waals surface area contributed by atoms with Gasteiger partial charge in [-0.15, -0.1) is 0 Å². The molecule has 1 spiro atoms. The Balaban J connectivity index is 0.828. The number of nitrogens with one attached hydrogen (secondary N) is 2. The third-order valence-electron chi connectivity index (χ3n) is 13.7. The number of fused-ring (bicyclic) bond motifs is 1. The summed E-state index contributed by atoms with van der Waals surface area (Å²) in [5.41, 5.74) is 8.33. The number of carbonyl (C=O) groups is 1. The summed E-state index contributed by atoms with van der Waals surface area (Å²) >= 11 is 6.39. The van der Waals surface area contributed by atoms with Gasteiger partial charge in [0.1, 0.15) is 11.6 Å². The fraction of sp³-hybridized carbons (Fsp3) is 0.400. The number of nitrogens with two attached hydrogens (primary N) is 1. The van der Waals surface area contributed by atoms with Gasteiger partial charge in [0.05, 0.1) is 27.8 Å². The zero-order chi connectivity index (χ0) is 47.8. The lowest BCUT2D eigenvalue weighted by molar-refractivity contribution is -0.137. The highest BCUT2D eigenvalue weighted by molar-refractivity contribution is 6.32. The first-order valence-corrected chi connectivity index (χ1v) is 23.1. The molecule has 6 aromatic rings. The Morgan fingerprint density at radius 3 is 2.42 bits per heavy atom. The van der Waals surface area contributed by atoms with Crippen LogP contribution in [0.5, 0.6) is 0 Å². The van der Waals surface area contributed by atoms with Crippen molar-refractivity contribution in [2.24, 2.45) is 11.3 Å². The Kier molecular flexibility index (Phi) is 13.5. The summed E-state index contributed by atoms with van der Waals surface area (Å²) < 4.78 is 43.7. The second-order valence-corrected chi connectivity index (χ2v) is 18.9. The summed E-state index contributed by atoms with van der Waals surface area (Å²) in [6, 6.07) is 16.5. The molecule has 4 N–H and O–H groups in total. The lowest BCUT2D eigenvalue weighted by Crippen LogP contribution is -2.45. The molecule has 1 aliphatic heterocycles. The molecule has 1 amide bonds. The fourth-order valence-electron chi connectivity index (χ4n) is 9.88. The topological polar surface area (TPSA) is 164 Å². The smallest absolute Gasteiger partial charge is 0.399 e. The van der Waals surface area contributed by atoms with Crippen molar-refractivity contribution in [2.75, 3.05) is 44.3 Å². The predicted octanol–water partition coefficient (Wildman–Crippen LogP) is 8.78. The molecule has 13 nitrogen and oxygen atoms in total. The van der Waals surface area contributed by atoms with Crippen molar-refractivity contribution in [3.8, 4) is 16.8 Å². The second kappa shape index (κ2) is 19.2. The number of hydrogen-bond donors (Lipinski definition) is 3. The molecule has 3 aromatic heterocycles. The number of anilines is 2. The maximum absolute atomic E-state index is 13.6. The quantitative estimate of drug-likeness (QED) is 0.102. The number of nitrogens with zero attached hydrogens (tertiary/aromatic N) is 6. The minimum absolute atomic E-state index is 0.0167. The van der Waals surface area contributed by atoms with E-state index in [0.29, 0.717) is 69.9 Å². The molecule has 1 saturated heterocycles. The number of aromatic amines is 1. The van der Waals surface area contributed by atoms with Gasteiger partial charge in [-0.1, -0.05) is 11.6 Å². The van der Waals surface area contributed by atoms with E-state index in [0.717, 1.165) is 86.9 Å². The van der Waals surface area contributed by atoms with E-state index in [1.165, 1.54) is 22.9 Å². The number of amides is 1. The highest BCUT2D eigenvalue weighted by atomic mass is 35.5. The first kappa shape index (κ1) is 47.2. The third kappa shape index (κ3) is 10.7. The number of benzene rings is 3. The number of aryl methyl sites for hydroxylation is 3. The van der Waals surface area contributed by atoms with Gasteiger partial charge in [0.15, 0.2) is 0 Å². The molecule has 8 rings (SSSR count). The summed E-state index contributed by atoms with van der Waals surface area (Å²) in [5.74, 6) is 1.44. The van der Waals surface area contributed by atoms with Gasteiger partial charge < -0.3 is 25.4 Å². The maximum Gasteiger partial charge on any atom is 0.416 e. The highest BCUT2D eigenvalue weighted by Crippen LogP contribution is 2.47. The van der Waals surface area contributed by atoms with E-state index in [2.05, 4.69) is 32.2 Å². The predicted molar refractivity (Wildman–Crippen MR) is 256 cm³/mol. The Hall–Kier alpha value is -6.26. The fourth-order valence-corrected chi connectivity index (χ4v) is 10.1. The van der Waals surface area contributed by atoms with Gasteiger partial charge in [-0.3, -0.25) is 23.9 Å². The van der Waals surface area contributed by atoms with Crippen molar-refractivity contribution in [1.82, 2.24) is 33.9 Å². The van der Waals surface area contributed by atoms with Crippen molar-refractivity contribution >= 4 is 39.9 Å². The molecule has 0 bridgehead atoms. The number of likely N-dealkylation sites (tertiary alicyclic amines) is 1. The molecule has 1 unspecified atom stereocenters. The Bertz CT molecular complexity index is 3000. The van der Waals surface area contributed by atoms with Gasteiger partial charge in [0.2, 0.25) is 0 Å². The van der Waals surface area contributed by atoms with E-state index in [-0.39, 0.29) is 22.6 Å². The lowest BCUT2D eigenvalue weighted by Gasteiger charge is -2.46. The van der Waals surface area contributed by atoms with Crippen molar-refractivity contribution in [1.29, 1.82) is 0 Å². The molecule has 67 heavy (non-hydrogen) atoms. The first-order valence-electron chi connectivity index (χ1n) is 22.7. The summed E-state index contributed by atoms with van der Waals surface area (Å²) in [6.45, 7) is 9.21. The van der Waals surface area contributed by atoms with Crippen molar-refractivity contribution in [2.45, 2.75) is 84.5 Å². The molecule has 1 saturated carbocycles. The molecule has 0 radical (unpaired) electrons. The third-order valence-corrected chi connectivity index (χ3v) is 14.0. The Morgan fingerprint density at radius 2 is 1.72 bits per heavy atom. The number of alkyl halides is 3. The molecule has 2 aliphatic rings. The largest absolute Gasteiger partial charge is 0.416 e. The van der Waals surface area contributed by atoms with Gasteiger partial charge in [0, 0.05) is 67.3 Å². The number of hydrogen-bond acceptors (Lipinski definition) is 9. The molecule has 17 heteroatoms. The van der Waals surface area contributed by atoms with Gasteiger partial charge in [-0.25, -0.2) is 14.8 Å². The first-order chi connectivity index (χ1) is 31.8. The highest BCUT2D eigenvalue weighted by Gasteiger charge is 2.39. The van der Waals surface area contributed by atoms with E-state index in [9.17, 15) is 32.3 Å². The SMILES string of the molecule is Cc1nc(NC(C)c2cc(N)cc(C(F)(F)F)c2)c2cc(-c3ccn(CCCN(C)CC4CCC5(CC4)CCN(C(=O)c4ccc(Cl)c(-n6ccc(=O)[nH]c6=O)c4)CC5)c(=O)c3)c(C)cc2n1. The van der Waals surface area contributed by atoms with Crippen LogP contribution in [0.1, 0.15) is 90.8 Å². The zero-order valence-electron chi connectivity index (χ0n) is 38.1. The minimum Gasteiger partial charge on any atom is -0.399 e. The molecule has 2 fully saturated rings. The summed E-state index contributed by atoms with van der Waals surface area (Å²) in [4.78, 5) is 66.8. The van der Waals surface area contributed by atoms with E-state index < -0.39 is 29.0 Å². The summed E-state index contributed by atoms with van der Waals surface area (Å²) in [5, 5.41) is 4.25. The molecule has 3 aromatic carbocycles. The van der Waals surface area contributed by atoms with Crippen LogP contribution in [0.3, 0.4) is 0 Å². The van der Waals surface area contributed by atoms with Gasteiger partial charge in [-0.05, 0) is 167 Å². The summed E-state index contributed by atoms with van der Waals surface area (Å²) in [6.07, 6.45) is 5.87. The number of carbonyl (C=O) groups excluding carboxylic acids is 1. The lowest BCUT2D eigenvalue weighted by atomic mass is 9.65. The second-order valence-electron chi connectivity index (χ2n) is 18.5. The zero-order valence-corrected chi connectivity index (χ0v) is 38.8. The van der Waals surface area contributed by atoms with E-state index >= 15 is 0 Å². The van der Waals surface area contributed by atoms with Gasteiger partial charge in [0.25, 0.3) is 17.0 Å². The summed E-state index contributed by atoms with van der Waals surface area (Å²) in [7, 11) is 2.14. The Labute approximate surface area is 390 Å².